The molecule has 0 fully saturated rings. The van der Waals surface area contributed by atoms with Gasteiger partial charge in [0.1, 0.15) is 0 Å². The lowest BCUT2D eigenvalue weighted by molar-refractivity contribution is 0.0961. The predicted molar refractivity (Wildman–Crippen MR) is 57.1 cm³/mol. The molecular weight excluding hydrogens is 210 g/mol. The molecule has 0 aliphatic heterocycles. The number of nitrogens with zero attached hydrogens (tertiary/aromatic N) is 1. The fourth-order valence-corrected chi connectivity index (χ4v) is 1.38. The van der Waals surface area contributed by atoms with Crippen molar-refractivity contribution >= 4 is 12.2 Å². The summed E-state index contributed by atoms with van der Waals surface area (Å²) in [7, 11) is 1.15. The van der Waals surface area contributed by atoms with E-state index < -0.39 is 18.2 Å². The van der Waals surface area contributed by atoms with Gasteiger partial charge in [-0.25, -0.2) is 14.5 Å². The van der Waals surface area contributed by atoms with Gasteiger partial charge in [-0.1, -0.05) is 30.3 Å². The summed E-state index contributed by atoms with van der Waals surface area (Å²) >= 11 is 0. The Bertz CT molecular complexity index is 377. The summed E-state index contributed by atoms with van der Waals surface area (Å²) in [6.45, 7) is 1.63. The second kappa shape index (κ2) is 5.16. The van der Waals surface area contributed by atoms with Crippen LogP contribution in [0.4, 0.5) is 9.59 Å². The zero-order chi connectivity index (χ0) is 12.1. The van der Waals surface area contributed by atoms with Crippen molar-refractivity contribution in [3.05, 3.63) is 35.9 Å². The fourth-order valence-electron chi connectivity index (χ4n) is 1.38. The molecule has 0 aliphatic carbocycles. The predicted octanol–water partition coefficient (Wildman–Crippen LogP) is 2.49. The summed E-state index contributed by atoms with van der Waals surface area (Å²) < 4.78 is 4.42. The van der Waals surface area contributed by atoms with Crippen LogP contribution in [0.2, 0.25) is 0 Å². The number of carbonyl (C=O) groups excluding carboxylic acids is 1. The third-order valence-electron chi connectivity index (χ3n) is 2.25. The van der Waals surface area contributed by atoms with Crippen LogP contribution in [0.1, 0.15) is 18.5 Å². The van der Waals surface area contributed by atoms with E-state index in [-0.39, 0.29) is 0 Å². The van der Waals surface area contributed by atoms with Gasteiger partial charge in [-0.15, -0.1) is 0 Å². The Hall–Kier alpha value is -2.04. The van der Waals surface area contributed by atoms with Gasteiger partial charge in [0, 0.05) is 0 Å². The van der Waals surface area contributed by atoms with Gasteiger partial charge in [-0.3, -0.25) is 0 Å². The Morgan fingerprint density at radius 2 is 1.88 bits per heavy atom. The van der Waals surface area contributed by atoms with Crippen LogP contribution in [-0.4, -0.2) is 29.3 Å². The summed E-state index contributed by atoms with van der Waals surface area (Å²) in [5.74, 6) is 0. The molecule has 1 aromatic rings. The molecule has 0 radical (unpaired) electrons. The minimum atomic E-state index is -1.33. The molecule has 0 aliphatic rings. The molecule has 0 spiro atoms. The summed E-state index contributed by atoms with van der Waals surface area (Å²) in [6.07, 6.45) is -2.22. The lowest BCUT2D eigenvalue weighted by Gasteiger charge is -2.23. The van der Waals surface area contributed by atoms with E-state index in [4.69, 9.17) is 5.11 Å². The Morgan fingerprint density at radius 1 is 1.31 bits per heavy atom. The lowest BCUT2D eigenvalue weighted by atomic mass is 10.1. The molecule has 0 bridgehead atoms. The van der Waals surface area contributed by atoms with Crippen LogP contribution in [0.3, 0.4) is 0 Å². The minimum Gasteiger partial charge on any atom is -0.465 e. The van der Waals surface area contributed by atoms with E-state index in [1.807, 2.05) is 6.07 Å². The number of benzene rings is 1. The Balaban J connectivity index is 2.96. The molecule has 0 saturated heterocycles. The molecule has 1 rings (SSSR count). The normalized spacial score (nSPS) is 11.6. The molecule has 0 heterocycles. The van der Waals surface area contributed by atoms with Gasteiger partial charge >= 0.3 is 12.2 Å². The van der Waals surface area contributed by atoms with E-state index in [1.165, 1.54) is 0 Å². The van der Waals surface area contributed by atoms with Gasteiger partial charge in [-0.2, -0.15) is 0 Å². The standard InChI is InChI=1S/C11H13NO4/c1-8(9-6-4-3-5-7-9)12(10(13)14)11(15)16-2/h3-8H,1-2H3,(H,13,14). The third-order valence-corrected chi connectivity index (χ3v) is 2.25. The fraction of sp³-hybridized carbons (Fsp3) is 0.273. The Morgan fingerprint density at radius 3 is 2.31 bits per heavy atom. The van der Waals surface area contributed by atoms with Crippen LogP contribution in [-0.2, 0) is 4.74 Å². The molecule has 0 saturated carbocycles. The van der Waals surface area contributed by atoms with Crippen LogP contribution < -0.4 is 0 Å². The van der Waals surface area contributed by atoms with E-state index in [1.54, 1.807) is 31.2 Å². The second-order valence-electron chi connectivity index (χ2n) is 3.21. The van der Waals surface area contributed by atoms with Gasteiger partial charge in [-0.05, 0) is 12.5 Å². The molecule has 86 valence electrons. The van der Waals surface area contributed by atoms with Gasteiger partial charge in [0.05, 0.1) is 13.2 Å². The van der Waals surface area contributed by atoms with Crippen molar-refractivity contribution in [3.8, 4) is 0 Å². The van der Waals surface area contributed by atoms with Crippen LogP contribution in [0, 0.1) is 0 Å². The molecular formula is C11H13NO4. The van der Waals surface area contributed by atoms with Crippen molar-refractivity contribution in [1.82, 2.24) is 4.90 Å². The summed E-state index contributed by atoms with van der Waals surface area (Å²) in [6, 6.07) is 8.31. The molecule has 5 heteroatoms. The average molecular weight is 223 g/mol. The number of amides is 2. The average Bonchev–Trinajstić information content (AvgIpc) is 2.29. The van der Waals surface area contributed by atoms with E-state index >= 15 is 0 Å². The van der Waals surface area contributed by atoms with E-state index in [0.717, 1.165) is 12.7 Å². The highest BCUT2D eigenvalue weighted by atomic mass is 16.6. The highest BCUT2D eigenvalue weighted by molar-refractivity contribution is 5.87. The third kappa shape index (κ3) is 2.50. The SMILES string of the molecule is COC(=O)N(C(=O)O)C(C)c1ccccc1. The highest BCUT2D eigenvalue weighted by Gasteiger charge is 2.28. The van der Waals surface area contributed by atoms with Crippen LogP contribution >= 0.6 is 0 Å². The number of ether oxygens (including phenoxy) is 1. The number of carbonyl (C=O) groups is 2. The molecule has 1 atom stereocenters. The number of hydrogen-bond donors (Lipinski definition) is 1. The van der Waals surface area contributed by atoms with Crippen molar-refractivity contribution in [2.75, 3.05) is 7.11 Å². The van der Waals surface area contributed by atoms with E-state index in [0.29, 0.717) is 4.90 Å². The van der Waals surface area contributed by atoms with Crippen molar-refractivity contribution in [3.63, 3.8) is 0 Å². The number of rotatable bonds is 2. The Kier molecular flexibility index (Phi) is 3.88. The van der Waals surface area contributed by atoms with Crippen molar-refractivity contribution in [1.29, 1.82) is 0 Å². The van der Waals surface area contributed by atoms with Crippen molar-refractivity contribution in [2.45, 2.75) is 13.0 Å². The summed E-state index contributed by atoms with van der Waals surface area (Å²) in [5, 5.41) is 8.93. The lowest BCUT2D eigenvalue weighted by Crippen LogP contribution is -2.37. The van der Waals surface area contributed by atoms with Crippen LogP contribution in [0.5, 0.6) is 0 Å². The summed E-state index contributed by atoms with van der Waals surface area (Å²) in [4.78, 5) is 22.9. The zero-order valence-corrected chi connectivity index (χ0v) is 9.08. The van der Waals surface area contributed by atoms with Crippen molar-refractivity contribution < 1.29 is 19.4 Å². The first-order chi connectivity index (χ1) is 7.57. The van der Waals surface area contributed by atoms with Gasteiger partial charge < -0.3 is 9.84 Å². The number of imide groups is 1. The number of methoxy groups -OCH3 is 1. The largest absolute Gasteiger partial charge is 0.465 e. The number of hydrogen-bond acceptors (Lipinski definition) is 3. The van der Waals surface area contributed by atoms with Gasteiger partial charge in [0.15, 0.2) is 0 Å². The van der Waals surface area contributed by atoms with Gasteiger partial charge in [0.2, 0.25) is 0 Å². The zero-order valence-electron chi connectivity index (χ0n) is 9.08. The maximum absolute atomic E-state index is 11.3. The molecule has 2 amide bonds. The monoisotopic (exact) mass is 223 g/mol. The van der Waals surface area contributed by atoms with Crippen LogP contribution in [0.25, 0.3) is 0 Å². The molecule has 16 heavy (non-hydrogen) atoms. The first-order valence-electron chi connectivity index (χ1n) is 4.73. The topological polar surface area (TPSA) is 66.8 Å². The second-order valence-corrected chi connectivity index (χ2v) is 3.21. The first kappa shape index (κ1) is 12.0. The van der Waals surface area contributed by atoms with Crippen molar-refractivity contribution in [2.24, 2.45) is 0 Å². The summed E-state index contributed by atoms with van der Waals surface area (Å²) in [5.41, 5.74) is 0.732. The maximum Gasteiger partial charge on any atom is 0.419 e. The molecule has 1 N–H and O–H groups in total. The van der Waals surface area contributed by atoms with Gasteiger partial charge in [0.25, 0.3) is 0 Å². The van der Waals surface area contributed by atoms with E-state index in [2.05, 4.69) is 4.74 Å². The molecule has 1 aromatic carbocycles. The molecule has 0 aromatic heterocycles. The quantitative estimate of drug-likeness (QED) is 0.836. The maximum atomic E-state index is 11.3. The number of carboxylic acid groups (broad SMARTS) is 1. The highest BCUT2D eigenvalue weighted by Crippen LogP contribution is 2.20. The smallest absolute Gasteiger partial charge is 0.419 e. The minimum absolute atomic E-state index is 0.578. The Labute approximate surface area is 93.2 Å². The van der Waals surface area contributed by atoms with E-state index in [9.17, 15) is 9.59 Å². The van der Waals surface area contributed by atoms with Crippen LogP contribution in [0.15, 0.2) is 30.3 Å². The molecule has 5 nitrogen and oxygen atoms in total. The molecule has 1 unspecified atom stereocenters. The first-order valence-corrected chi connectivity index (χ1v) is 4.73.